The van der Waals surface area contributed by atoms with Crippen LogP contribution < -0.4 is 10.6 Å². The van der Waals surface area contributed by atoms with Crippen LogP contribution in [0, 0.1) is 0 Å². The highest BCUT2D eigenvalue weighted by molar-refractivity contribution is 5.92. The summed E-state index contributed by atoms with van der Waals surface area (Å²) in [6, 6.07) is 9.47. The van der Waals surface area contributed by atoms with Crippen molar-refractivity contribution in [2.45, 2.75) is 12.7 Å². The minimum atomic E-state index is -4.37. The van der Waals surface area contributed by atoms with Gasteiger partial charge in [0.25, 0.3) is 0 Å². The molecule has 0 unspecified atom stereocenters. The Labute approximate surface area is 134 Å². The Morgan fingerprint density at radius 1 is 1.12 bits per heavy atom. The number of carbonyl (C=O) groups excluding carboxylic acids is 1. The largest absolute Gasteiger partial charge is 0.416 e. The predicted molar refractivity (Wildman–Crippen MR) is 83.4 cm³/mol. The fourth-order valence-corrected chi connectivity index (χ4v) is 2.18. The van der Waals surface area contributed by atoms with Gasteiger partial charge in [0.2, 0.25) is 0 Å². The molecule has 0 aliphatic heterocycles. The molecule has 3 aromatic rings. The first-order chi connectivity index (χ1) is 11.4. The van der Waals surface area contributed by atoms with E-state index in [1.807, 2.05) is 6.07 Å². The van der Waals surface area contributed by atoms with Gasteiger partial charge in [0, 0.05) is 17.6 Å². The smallest absolute Gasteiger partial charge is 0.334 e. The lowest BCUT2D eigenvalue weighted by molar-refractivity contribution is -0.137. The summed E-state index contributed by atoms with van der Waals surface area (Å²) in [5.41, 5.74) is 1.22. The molecule has 0 aliphatic rings. The third-order valence-corrected chi connectivity index (χ3v) is 3.43. The fourth-order valence-electron chi connectivity index (χ4n) is 2.18. The zero-order chi connectivity index (χ0) is 17.2. The quantitative estimate of drug-likeness (QED) is 0.680. The fraction of sp³-hybridized carbons (Fsp3) is 0.125. The van der Waals surface area contributed by atoms with Gasteiger partial charge in [-0.2, -0.15) is 18.3 Å². The van der Waals surface area contributed by atoms with Crippen LogP contribution >= 0.6 is 0 Å². The second-order valence-electron chi connectivity index (χ2n) is 5.17. The Balaban J connectivity index is 1.57. The van der Waals surface area contributed by atoms with E-state index in [1.165, 1.54) is 12.1 Å². The van der Waals surface area contributed by atoms with Gasteiger partial charge in [-0.15, -0.1) is 0 Å². The molecule has 2 amide bonds. The van der Waals surface area contributed by atoms with E-state index in [4.69, 9.17) is 0 Å². The Morgan fingerprint density at radius 2 is 1.88 bits per heavy atom. The molecule has 24 heavy (non-hydrogen) atoms. The average molecular weight is 334 g/mol. The Bertz CT molecular complexity index is 856. The van der Waals surface area contributed by atoms with Crippen LogP contribution in [-0.4, -0.2) is 16.2 Å². The van der Waals surface area contributed by atoms with Crippen LogP contribution in [0.1, 0.15) is 11.1 Å². The van der Waals surface area contributed by atoms with Crippen molar-refractivity contribution in [1.82, 2.24) is 15.5 Å². The number of fused-ring (bicyclic) bond motifs is 1. The maximum absolute atomic E-state index is 12.5. The van der Waals surface area contributed by atoms with Crippen molar-refractivity contribution in [2.24, 2.45) is 0 Å². The van der Waals surface area contributed by atoms with Crippen molar-refractivity contribution in [2.75, 3.05) is 5.32 Å². The van der Waals surface area contributed by atoms with Gasteiger partial charge < -0.3 is 10.6 Å². The third kappa shape index (κ3) is 3.65. The number of halogens is 3. The second kappa shape index (κ2) is 6.23. The number of carbonyl (C=O) groups is 1. The molecule has 0 spiro atoms. The van der Waals surface area contributed by atoms with Crippen molar-refractivity contribution in [1.29, 1.82) is 0 Å². The Morgan fingerprint density at radius 3 is 2.58 bits per heavy atom. The van der Waals surface area contributed by atoms with Crippen molar-refractivity contribution < 1.29 is 18.0 Å². The molecule has 124 valence electrons. The molecule has 0 bridgehead atoms. The number of nitrogens with zero attached hydrogens (tertiary/aromatic N) is 1. The molecular weight excluding hydrogens is 321 g/mol. The van der Waals surface area contributed by atoms with Gasteiger partial charge in [0.1, 0.15) is 0 Å². The minimum absolute atomic E-state index is 0.121. The van der Waals surface area contributed by atoms with Crippen molar-refractivity contribution in [3.05, 3.63) is 59.8 Å². The number of alkyl halides is 3. The Kier molecular flexibility index (Phi) is 4.11. The van der Waals surface area contributed by atoms with Gasteiger partial charge in [-0.1, -0.05) is 12.1 Å². The van der Waals surface area contributed by atoms with Gasteiger partial charge >= 0.3 is 12.2 Å². The standard InChI is InChI=1S/C16H13F3N4O/c17-16(18,19)12-4-1-10(2-5-12)8-20-15(24)22-13-6-3-11-9-21-23-14(11)7-13/h1-7,9H,8H2,(H,21,23)(H2,20,22,24). The molecular formula is C16H13F3N4O. The molecule has 0 atom stereocenters. The third-order valence-electron chi connectivity index (χ3n) is 3.43. The highest BCUT2D eigenvalue weighted by atomic mass is 19.4. The van der Waals surface area contributed by atoms with E-state index in [-0.39, 0.29) is 6.54 Å². The zero-order valence-electron chi connectivity index (χ0n) is 12.3. The molecule has 2 aromatic carbocycles. The van der Waals surface area contributed by atoms with Crippen LogP contribution in [0.2, 0.25) is 0 Å². The molecule has 5 nitrogen and oxygen atoms in total. The summed E-state index contributed by atoms with van der Waals surface area (Å²) in [6.07, 6.45) is -2.70. The van der Waals surface area contributed by atoms with Crippen LogP contribution in [0.25, 0.3) is 10.9 Å². The van der Waals surface area contributed by atoms with Gasteiger partial charge in [0.15, 0.2) is 0 Å². The maximum atomic E-state index is 12.5. The number of hydrogen-bond donors (Lipinski definition) is 3. The minimum Gasteiger partial charge on any atom is -0.334 e. The van der Waals surface area contributed by atoms with Crippen LogP contribution in [0.15, 0.2) is 48.7 Å². The monoisotopic (exact) mass is 334 g/mol. The molecule has 1 heterocycles. The van der Waals surface area contributed by atoms with Crippen LogP contribution in [0.3, 0.4) is 0 Å². The van der Waals surface area contributed by atoms with Gasteiger partial charge in [-0.05, 0) is 35.9 Å². The van der Waals surface area contributed by atoms with E-state index < -0.39 is 17.8 Å². The number of hydrogen-bond acceptors (Lipinski definition) is 2. The molecule has 3 rings (SSSR count). The normalized spacial score (nSPS) is 11.5. The summed E-state index contributed by atoms with van der Waals surface area (Å²) in [5, 5.41) is 12.8. The van der Waals surface area contributed by atoms with Crippen molar-refractivity contribution in [3.8, 4) is 0 Å². The number of amides is 2. The van der Waals surface area contributed by atoms with Gasteiger partial charge in [-0.25, -0.2) is 4.79 Å². The molecule has 0 aliphatic carbocycles. The van der Waals surface area contributed by atoms with E-state index in [0.29, 0.717) is 11.3 Å². The van der Waals surface area contributed by atoms with Crippen molar-refractivity contribution in [3.63, 3.8) is 0 Å². The summed E-state index contributed by atoms with van der Waals surface area (Å²) in [4.78, 5) is 11.9. The van der Waals surface area contributed by atoms with E-state index in [2.05, 4.69) is 20.8 Å². The lowest BCUT2D eigenvalue weighted by Gasteiger charge is -2.09. The number of aromatic nitrogens is 2. The highest BCUT2D eigenvalue weighted by Gasteiger charge is 2.29. The van der Waals surface area contributed by atoms with Crippen LogP contribution in [0.4, 0.5) is 23.7 Å². The summed E-state index contributed by atoms with van der Waals surface area (Å²) in [7, 11) is 0. The molecule has 0 radical (unpaired) electrons. The summed E-state index contributed by atoms with van der Waals surface area (Å²) in [5.74, 6) is 0. The maximum Gasteiger partial charge on any atom is 0.416 e. The average Bonchev–Trinajstić information content (AvgIpc) is 3.00. The molecule has 8 heteroatoms. The highest BCUT2D eigenvalue weighted by Crippen LogP contribution is 2.29. The number of nitrogens with one attached hydrogen (secondary N) is 3. The number of benzene rings is 2. The number of H-pyrrole nitrogens is 1. The van der Waals surface area contributed by atoms with Crippen LogP contribution in [0.5, 0.6) is 0 Å². The summed E-state index contributed by atoms with van der Waals surface area (Å²) >= 11 is 0. The number of rotatable bonds is 3. The topological polar surface area (TPSA) is 69.8 Å². The first-order valence-electron chi connectivity index (χ1n) is 7.06. The molecule has 0 saturated heterocycles. The summed E-state index contributed by atoms with van der Waals surface area (Å²) in [6.45, 7) is 0.121. The first kappa shape index (κ1) is 15.9. The van der Waals surface area contributed by atoms with Crippen LogP contribution in [-0.2, 0) is 12.7 Å². The molecule has 0 fully saturated rings. The SMILES string of the molecule is O=C(NCc1ccc(C(F)(F)F)cc1)Nc1ccc2cn[nH]c2c1. The molecule has 3 N–H and O–H groups in total. The first-order valence-corrected chi connectivity index (χ1v) is 7.06. The van der Waals surface area contributed by atoms with E-state index in [0.717, 1.165) is 23.0 Å². The summed E-state index contributed by atoms with van der Waals surface area (Å²) < 4.78 is 37.4. The van der Waals surface area contributed by atoms with E-state index in [1.54, 1.807) is 18.3 Å². The lowest BCUT2D eigenvalue weighted by Crippen LogP contribution is -2.28. The number of anilines is 1. The molecule has 0 saturated carbocycles. The molecule has 1 aromatic heterocycles. The number of urea groups is 1. The van der Waals surface area contributed by atoms with E-state index >= 15 is 0 Å². The van der Waals surface area contributed by atoms with Crippen molar-refractivity contribution >= 4 is 22.6 Å². The second-order valence-corrected chi connectivity index (χ2v) is 5.17. The Hall–Kier alpha value is -3.03. The lowest BCUT2D eigenvalue weighted by atomic mass is 10.1. The predicted octanol–water partition coefficient (Wildman–Crippen LogP) is 3.90. The number of aromatic amines is 1. The van der Waals surface area contributed by atoms with E-state index in [9.17, 15) is 18.0 Å². The van der Waals surface area contributed by atoms with Gasteiger partial charge in [-0.3, -0.25) is 5.10 Å². The van der Waals surface area contributed by atoms with Gasteiger partial charge in [0.05, 0.1) is 17.3 Å². The zero-order valence-corrected chi connectivity index (χ0v) is 12.3.